The average molecular weight is 349 g/mol. The van der Waals surface area contributed by atoms with Crippen LogP contribution in [0.2, 0.25) is 0 Å². The molecular formula is C22H36O3. The predicted molar refractivity (Wildman–Crippen MR) is 104 cm³/mol. The smallest absolute Gasteiger partial charge is 0.305 e. The number of aliphatic hydroxyl groups excluding tert-OH is 1. The van der Waals surface area contributed by atoms with Crippen molar-refractivity contribution in [2.45, 2.75) is 83.7 Å². The van der Waals surface area contributed by atoms with E-state index in [9.17, 15) is 9.90 Å². The second-order valence-corrected chi connectivity index (χ2v) is 6.95. The first-order chi connectivity index (χ1) is 12.2. The minimum absolute atomic E-state index is 0.158. The summed E-state index contributed by atoms with van der Waals surface area (Å²) in [5.41, 5.74) is 1.51. The van der Waals surface area contributed by atoms with E-state index in [1.807, 2.05) is 12.2 Å². The highest BCUT2D eigenvalue weighted by Crippen LogP contribution is 2.41. The molecule has 2 atom stereocenters. The Morgan fingerprint density at radius 1 is 1.16 bits per heavy atom. The molecule has 3 heteroatoms. The number of aliphatic hydroxyl groups is 1. The van der Waals surface area contributed by atoms with Crippen LogP contribution in [0.15, 0.2) is 36.0 Å². The van der Waals surface area contributed by atoms with E-state index in [1.165, 1.54) is 44.8 Å². The molecule has 1 aliphatic rings. The molecule has 1 aliphatic carbocycles. The van der Waals surface area contributed by atoms with Crippen LogP contribution in [0.25, 0.3) is 0 Å². The van der Waals surface area contributed by atoms with Gasteiger partial charge in [-0.15, -0.1) is 0 Å². The Labute approximate surface area is 153 Å². The number of hydrogen-bond acceptors (Lipinski definition) is 3. The number of unbranched alkanes of at least 4 members (excludes halogenated alkanes) is 4. The number of ether oxygens (including phenoxy) is 1. The van der Waals surface area contributed by atoms with E-state index < -0.39 is 0 Å². The van der Waals surface area contributed by atoms with Crippen LogP contribution in [0, 0.1) is 5.92 Å². The fourth-order valence-corrected chi connectivity index (χ4v) is 2.82. The lowest BCUT2D eigenvalue weighted by Gasteiger charge is -2.03. The second-order valence-electron chi connectivity index (χ2n) is 6.95. The topological polar surface area (TPSA) is 46.5 Å². The highest BCUT2D eigenvalue weighted by Gasteiger charge is 2.27. The molecule has 0 aromatic heterocycles. The Morgan fingerprint density at radius 3 is 2.68 bits per heavy atom. The van der Waals surface area contributed by atoms with Gasteiger partial charge >= 0.3 is 5.97 Å². The molecule has 142 valence electrons. The van der Waals surface area contributed by atoms with Crippen LogP contribution in [-0.4, -0.2) is 24.3 Å². The van der Waals surface area contributed by atoms with Crippen molar-refractivity contribution in [3.05, 3.63) is 36.0 Å². The maximum Gasteiger partial charge on any atom is 0.305 e. The van der Waals surface area contributed by atoms with Gasteiger partial charge in [-0.05, 0) is 57.3 Å². The van der Waals surface area contributed by atoms with Gasteiger partial charge in [0.05, 0.1) is 13.2 Å². The van der Waals surface area contributed by atoms with Crippen molar-refractivity contribution in [2.24, 2.45) is 5.92 Å². The van der Waals surface area contributed by atoms with Crippen LogP contribution in [0.3, 0.4) is 0 Å². The highest BCUT2D eigenvalue weighted by molar-refractivity contribution is 5.69. The van der Waals surface area contributed by atoms with Crippen LogP contribution in [0.5, 0.6) is 0 Å². The third-order valence-corrected chi connectivity index (χ3v) is 4.61. The fraction of sp³-hybridized carbons (Fsp3) is 0.682. The third-order valence-electron chi connectivity index (χ3n) is 4.61. The molecule has 1 saturated carbocycles. The van der Waals surface area contributed by atoms with Gasteiger partial charge in [0.1, 0.15) is 0 Å². The van der Waals surface area contributed by atoms with Gasteiger partial charge in [-0.3, -0.25) is 4.79 Å². The van der Waals surface area contributed by atoms with Crippen molar-refractivity contribution in [1.29, 1.82) is 0 Å². The predicted octanol–water partition coefficient (Wildman–Crippen LogP) is 5.50. The van der Waals surface area contributed by atoms with E-state index in [-0.39, 0.29) is 12.1 Å². The van der Waals surface area contributed by atoms with Crippen LogP contribution in [-0.2, 0) is 9.53 Å². The SMILES string of the molecule is CCCCC/C=C\CC1C/C1=C\C[C@@H](O)C/C=C\CCCC(=O)OC. The normalized spacial score (nSPS) is 19.8. The van der Waals surface area contributed by atoms with Crippen LogP contribution < -0.4 is 0 Å². The number of methoxy groups -OCH3 is 1. The fourth-order valence-electron chi connectivity index (χ4n) is 2.82. The van der Waals surface area contributed by atoms with Crippen molar-refractivity contribution in [1.82, 2.24) is 0 Å². The summed E-state index contributed by atoms with van der Waals surface area (Å²) < 4.78 is 4.60. The van der Waals surface area contributed by atoms with Crippen molar-refractivity contribution in [3.63, 3.8) is 0 Å². The number of carbonyl (C=O) groups excluding carboxylic acids is 1. The van der Waals surface area contributed by atoms with Crippen molar-refractivity contribution in [2.75, 3.05) is 7.11 Å². The van der Waals surface area contributed by atoms with Gasteiger partial charge in [0, 0.05) is 6.42 Å². The first-order valence-corrected chi connectivity index (χ1v) is 9.91. The monoisotopic (exact) mass is 348 g/mol. The van der Waals surface area contributed by atoms with E-state index in [0.717, 1.165) is 31.6 Å². The van der Waals surface area contributed by atoms with Crippen molar-refractivity contribution in [3.8, 4) is 0 Å². The molecule has 1 rings (SSSR count). The van der Waals surface area contributed by atoms with Crippen LogP contribution in [0.1, 0.15) is 77.6 Å². The number of hydrogen-bond donors (Lipinski definition) is 1. The minimum atomic E-state index is -0.296. The summed E-state index contributed by atoms with van der Waals surface area (Å²) in [6, 6.07) is 0. The Morgan fingerprint density at radius 2 is 1.92 bits per heavy atom. The van der Waals surface area contributed by atoms with E-state index in [1.54, 1.807) is 0 Å². The molecule has 0 spiro atoms. The zero-order chi connectivity index (χ0) is 18.3. The van der Waals surface area contributed by atoms with Crippen LogP contribution >= 0.6 is 0 Å². The standard InChI is InChI=1S/C22H36O3/c1-3-4-5-6-7-10-13-19-18-20(19)16-17-21(23)14-11-8-9-12-15-22(24)25-2/h7-8,10-11,16,19,21,23H,3-6,9,12-15,17-18H2,1-2H3/b10-7-,11-8-,20-16+/t19?,21-/m0/s1. The molecule has 0 radical (unpaired) electrons. The van der Waals surface area contributed by atoms with Crippen molar-refractivity contribution < 1.29 is 14.6 Å². The number of carbonyl (C=O) groups is 1. The van der Waals surface area contributed by atoms with Gasteiger partial charge in [0.2, 0.25) is 0 Å². The minimum Gasteiger partial charge on any atom is -0.469 e. The summed E-state index contributed by atoms with van der Waals surface area (Å²) in [5.74, 6) is 0.568. The van der Waals surface area contributed by atoms with E-state index >= 15 is 0 Å². The van der Waals surface area contributed by atoms with Gasteiger partial charge in [-0.25, -0.2) is 0 Å². The van der Waals surface area contributed by atoms with Gasteiger partial charge in [0.15, 0.2) is 0 Å². The molecule has 0 aromatic rings. The zero-order valence-corrected chi connectivity index (χ0v) is 16.1. The summed E-state index contributed by atoms with van der Waals surface area (Å²) in [6.45, 7) is 2.24. The Balaban J connectivity index is 2.03. The number of esters is 1. The number of allylic oxidation sites excluding steroid dienone is 4. The lowest BCUT2D eigenvalue weighted by atomic mass is 10.1. The summed E-state index contributed by atoms with van der Waals surface area (Å²) >= 11 is 0. The maximum absolute atomic E-state index is 11.0. The summed E-state index contributed by atoms with van der Waals surface area (Å²) in [5, 5.41) is 10.0. The average Bonchev–Trinajstić information content (AvgIpc) is 3.37. The molecule has 0 heterocycles. The summed E-state index contributed by atoms with van der Waals surface area (Å²) in [6.07, 6.45) is 21.7. The molecule has 0 aromatic carbocycles. The Kier molecular flexibility index (Phi) is 12.0. The Bertz CT molecular complexity index is 448. The molecular weight excluding hydrogens is 312 g/mol. The third kappa shape index (κ3) is 11.8. The molecule has 1 N–H and O–H groups in total. The molecule has 0 aliphatic heterocycles. The summed E-state index contributed by atoms with van der Waals surface area (Å²) in [7, 11) is 1.41. The lowest BCUT2D eigenvalue weighted by Crippen LogP contribution is -2.02. The van der Waals surface area contributed by atoms with Gasteiger partial charge < -0.3 is 9.84 Å². The molecule has 25 heavy (non-hydrogen) atoms. The molecule has 1 unspecified atom stereocenters. The largest absolute Gasteiger partial charge is 0.469 e. The first-order valence-electron chi connectivity index (χ1n) is 9.91. The zero-order valence-electron chi connectivity index (χ0n) is 16.1. The molecule has 0 bridgehead atoms. The first kappa shape index (κ1) is 21.7. The van der Waals surface area contributed by atoms with Gasteiger partial charge in [-0.2, -0.15) is 0 Å². The van der Waals surface area contributed by atoms with E-state index in [0.29, 0.717) is 12.8 Å². The lowest BCUT2D eigenvalue weighted by molar-refractivity contribution is -0.140. The van der Waals surface area contributed by atoms with Gasteiger partial charge in [-0.1, -0.05) is 55.7 Å². The van der Waals surface area contributed by atoms with E-state index in [4.69, 9.17) is 0 Å². The number of rotatable bonds is 14. The van der Waals surface area contributed by atoms with Crippen molar-refractivity contribution >= 4 is 5.97 Å². The Hall–Kier alpha value is -1.35. The second kappa shape index (κ2) is 13.9. The molecule has 0 amide bonds. The quantitative estimate of drug-likeness (QED) is 0.256. The molecule has 0 saturated heterocycles. The van der Waals surface area contributed by atoms with Crippen LogP contribution in [0.4, 0.5) is 0 Å². The van der Waals surface area contributed by atoms with Gasteiger partial charge in [0.25, 0.3) is 0 Å². The highest BCUT2D eigenvalue weighted by atomic mass is 16.5. The maximum atomic E-state index is 11.0. The molecule has 3 nitrogen and oxygen atoms in total. The van der Waals surface area contributed by atoms with E-state index in [2.05, 4.69) is 29.9 Å². The molecule has 1 fully saturated rings. The summed E-state index contributed by atoms with van der Waals surface area (Å²) in [4.78, 5) is 11.0.